The third kappa shape index (κ3) is 1.72. The first-order valence-corrected chi connectivity index (χ1v) is 3.16. The zero-order valence-corrected chi connectivity index (χ0v) is 5.67. The molecule has 53 valence electrons. The molecule has 0 N–H and O–H groups in total. The molecule has 0 atom stereocenters. The zero-order chi connectivity index (χ0) is 7.40. The number of carbonyl (C=O) groups excluding carboxylic acids is 1. The fourth-order valence-electron chi connectivity index (χ4n) is 0.696. The minimum atomic E-state index is 0.106. The highest BCUT2D eigenvalue weighted by Crippen LogP contribution is 2.01. The van der Waals surface area contributed by atoms with Crippen molar-refractivity contribution < 1.29 is 9.21 Å². The van der Waals surface area contributed by atoms with Crippen molar-refractivity contribution >= 4 is 5.78 Å². The smallest absolute Gasteiger partial charge is 0.140 e. The standard InChI is InChI=1S/C8H9O2/c1-2-7(9)6-8-4-3-5-10-8/h3-5H,1-2,6H2. The quantitative estimate of drug-likeness (QED) is 0.633. The van der Waals surface area contributed by atoms with Gasteiger partial charge in [0.15, 0.2) is 0 Å². The van der Waals surface area contributed by atoms with Crippen molar-refractivity contribution in [1.29, 1.82) is 0 Å². The van der Waals surface area contributed by atoms with E-state index in [1.165, 1.54) is 0 Å². The van der Waals surface area contributed by atoms with Crippen molar-refractivity contribution in [2.75, 3.05) is 0 Å². The van der Waals surface area contributed by atoms with Gasteiger partial charge in [0.2, 0.25) is 0 Å². The summed E-state index contributed by atoms with van der Waals surface area (Å²) < 4.78 is 4.96. The van der Waals surface area contributed by atoms with Gasteiger partial charge in [0, 0.05) is 6.42 Å². The number of ketones is 1. The normalized spacial score (nSPS) is 9.70. The lowest BCUT2D eigenvalue weighted by Crippen LogP contribution is -1.98. The van der Waals surface area contributed by atoms with E-state index in [0.717, 1.165) is 0 Å². The van der Waals surface area contributed by atoms with Gasteiger partial charge in [-0.05, 0) is 19.1 Å². The predicted molar refractivity (Wildman–Crippen MR) is 37.4 cm³/mol. The van der Waals surface area contributed by atoms with Crippen molar-refractivity contribution in [3.63, 3.8) is 0 Å². The molecule has 0 aliphatic rings. The Kier molecular flexibility index (Phi) is 2.26. The number of hydrogen-bond acceptors (Lipinski definition) is 2. The van der Waals surface area contributed by atoms with E-state index in [1.54, 1.807) is 18.4 Å². The Balaban J connectivity index is 2.48. The van der Waals surface area contributed by atoms with Crippen molar-refractivity contribution in [2.45, 2.75) is 12.8 Å². The van der Waals surface area contributed by atoms with Crippen LogP contribution in [-0.4, -0.2) is 5.78 Å². The van der Waals surface area contributed by atoms with E-state index in [1.807, 2.05) is 0 Å². The van der Waals surface area contributed by atoms with E-state index >= 15 is 0 Å². The zero-order valence-electron chi connectivity index (χ0n) is 5.67. The second-order valence-electron chi connectivity index (χ2n) is 2.04. The molecule has 10 heavy (non-hydrogen) atoms. The molecule has 0 fully saturated rings. The van der Waals surface area contributed by atoms with Crippen LogP contribution in [-0.2, 0) is 11.2 Å². The van der Waals surface area contributed by atoms with E-state index in [9.17, 15) is 4.79 Å². The molecule has 2 nitrogen and oxygen atoms in total. The lowest BCUT2D eigenvalue weighted by molar-refractivity contribution is -0.117. The molecule has 0 bridgehead atoms. The molecular weight excluding hydrogens is 128 g/mol. The largest absolute Gasteiger partial charge is 0.469 e. The van der Waals surface area contributed by atoms with Gasteiger partial charge in [-0.3, -0.25) is 4.79 Å². The highest BCUT2D eigenvalue weighted by Gasteiger charge is 2.01. The van der Waals surface area contributed by atoms with Crippen LogP contribution in [0.3, 0.4) is 0 Å². The number of hydrogen-bond donors (Lipinski definition) is 0. The highest BCUT2D eigenvalue weighted by molar-refractivity contribution is 5.80. The molecule has 2 heteroatoms. The molecule has 0 amide bonds. The summed E-state index contributed by atoms with van der Waals surface area (Å²) in [4.78, 5) is 10.8. The Morgan fingerprint density at radius 3 is 3.00 bits per heavy atom. The lowest BCUT2D eigenvalue weighted by Gasteiger charge is -1.90. The van der Waals surface area contributed by atoms with Crippen molar-refractivity contribution in [1.82, 2.24) is 0 Å². The molecule has 1 heterocycles. The van der Waals surface area contributed by atoms with Gasteiger partial charge in [0.05, 0.1) is 12.7 Å². The molecule has 0 aliphatic carbocycles. The molecule has 0 saturated carbocycles. The Bertz CT molecular complexity index is 199. The molecule has 1 aromatic heterocycles. The third-order valence-corrected chi connectivity index (χ3v) is 1.23. The van der Waals surface area contributed by atoms with Crippen LogP contribution in [0.5, 0.6) is 0 Å². The van der Waals surface area contributed by atoms with E-state index in [0.29, 0.717) is 18.6 Å². The number of furan rings is 1. The Labute approximate surface area is 59.8 Å². The van der Waals surface area contributed by atoms with Crippen LogP contribution < -0.4 is 0 Å². The molecule has 0 saturated heterocycles. The van der Waals surface area contributed by atoms with Crippen LogP contribution in [0.15, 0.2) is 22.8 Å². The predicted octanol–water partition coefficient (Wildman–Crippen LogP) is 1.62. The molecule has 1 rings (SSSR count). The summed E-state index contributed by atoms with van der Waals surface area (Å²) in [6, 6.07) is 3.55. The fraction of sp³-hybridized carbons (Fsp3) is 0.250. The van der Waals surface area contributed by atoms with Crippen LogP contribution >= 0.6 is 0 Å². The molecule has 1 aromatic rings. The lowest BCUT2D eigenvalue weighted by atomic mass is 10.2. The summed E-state index contributed by atoms with van der Waals surface area (Å²) in [6.45, 7) is 3.47. The first kappa shape index (κ1) is 7.06. The molecule has 0 aromatic carbocycles. The van der Waals surface area contributed by atoms with Crippen molar-refractivity contribution in [3.05, 3.63) is 31.1 Å². The maximum absolute atomic E-state index is 10.8. The summed E-state index contributed by atoms with van der Waals surface area (Å²) in [5.41, 5.74) is 0. The van der Waals surface area contributed by atoms with Gasteiger partial charge in [-0.1, -0.05) is 0 Å². The van der Waals surface area contributed by atoms with Crippen LogP contribution in [0.1, 0.15) is 12.2 Å². The average Bonchev–Trinajstić information content (AvgIpc) is 2.40. The molecule has 1 radical (unpaired) electrons. The molecular formula is C8H9O2. The van der Waals surface area contributed by atoms with E-state index in [2.05, 4.69) is 6.92 Å². The third-order valence-electron chi connectivity index (χ3n) is 1.23. The summed E-state index contributed by atoms with van der Waals surface area (Å²) >= 11 is 0. The summed E-state index contributed by atoms with van der Waals surface area (Å²) in [7, 11) is 0. The van der Waals surface area contributed by atoms with E-state index in [4.69, 9.17) is 4.42 Å². The van der Waals surface area contributed by atoms with Gasteiger partial charge in [0.25, 0.3) is 0 Å². The summed E-state index contributed by atoms with van der Waals surface area (Å²) in [5, 5.41) is 0. The van der Waals surface area contributed by atoms with Gasteiger partial charge in [-0.2, -0.15) is 0 Å². The van der Waals surface area contributed by atoms with Crippen LogP contribution in [0.4, 0.5) is 0 Å². The first-order valence-electron chi connectivity index (χ1n) is 3.16. The Hall–Kier alpha value is -1.05. The van der Waals surface area contributed by atoms with Crippen LogP contribution in [0, 0.1) is 6.92 Å². The number of rotatable bonds is 3. The maximum Gasteiger partial charge on any atom is 0.140 e. The van der Waals surface area contributed by atoms with Gasteiger partial charge >= 0.3 is 0 Å². The van der Waals surface area contributed by atoms with E-state index < -0.39 is 0 Å². The minimum absolute atomic E-state index is 0.106. The van der Waals surface area contributed by atoms with Crippen LogP contribution in [0.2, 0.25) is 0 Å². The number of carbonyl (C=O) groups is 1. The fourth-order valence-corrected chi connectivity index (χ4v) is 0.696. The maximum atomic E-state index is 10.8. The highest BCUT2D eigenvalue weighted by atomic mass is 16.3. The van der Waals surface area contributed by atoms with Crippen molar-refractivity contribution in [3.8, 4) is 0 Å². The first-order chi connectivity index (χ1) is 4.83. The van der Waals surface area contributed by atoms with Crippen molar-refractivity contribution in [2.24, 2.45) is 0 Å². The van der Waals surface area contributed by atoms with Gasteiger partial charge < -0.3 is 4.42 Å². The van der Waals surface area contributed by atoms with Gasteiger partial charge in [-0.15, -0.1) is 0 Å². The second kappa shape index (κ2) is 3.20. The Morgan fingerprint density at radius 1 is 1.70 bits per heavy atom. The topological polar surface area (TPSA) is 30.2 Å². The molecule has 0 unspecified atom stereocenters. The minimum Gasteiger partial charge on any atom is -0.469 e. The number of Topliss-reactive ketones (excluding diaryl/α,β-unsaturated/α-hetero) is 1. The average molecular weight is 137 g/mol. The summed E-state index contributed by atoms with van der Waals surface area (Å²) in [6.07, 6.45) is 2.27. The monoisotopic (exact) mass is 137 g/mol. The molecule has 0 spiro atoms. The SMILES string of the molecule is [CH2]CC(=O)Cc1ccco1. The van der Waals surface area contributed by atoms with Gasteiger partial charge in [-0.25, -0.2) is 0 Å². The van der Waals surface area contributed by atoms with E-state index in [-0.39, 0.29) is 5.78 Å². The Morgan fingerprint density at radius 2 is 2.50 bits per heavy atom. The van der Waals surface area contributed by atoms with Crippen LogP contribution in [0.25, 0.3) is 0 Å². The molecule has 0 aliphatic heterocycles. The second-order valence-corrected chi connectivity index (χ2v) is 2.04. The summed E-state index contributed by atoms with van der Waals surface area (Å²) in [5.74, 6) is 0.823. The van der Waals surface area contributed by atoms with Gasteiger partial charge in [0.1, 0.15) is 11.5 Å².